The van der Waals surface area contributed by atoms with Gasteiger partial charge in [-0.05, 0) is 60.2 Å². The molecule has 0 aliphatic heterocycles. The Morgan fingerprint density at radius 1 is 0.774 bits per heavy atom. The molecule has 3 N–H and O–H groups in total. The van der Waals surface area contributed by atoms with E-state index in [1.165, 1.54) is 24.3 Å². The lowest BCUT2D eigenvalue weighted by Crippen LogP contribution is -2.23. The average Bonchev–Trinajstić information content (AvgIpc) is 2.78. The van der Waals surface area contributed by atoms with E-state index in [2.05, 4.69) is 16.0 Å². The molecule has 0 heterocycles. The highest BCUT2D eigenvalue weighted by Gasteiger charge is 2.09. The lowest BCUT2D eigenvalue weighted by atomic mass is 10.1. The van der Waals surface area contributed by atoms with Crippen molar-refractivity contribution in [1.82, 2.24) is 5.32 Å². The summed E-state index contributed by atoms with van der Waals surface area (Å²) in [6.07, 6.45) is 0.352. The number of hydrogen-bond acceptors (Lipinski definition) is 3. The highest BCUT2D eigenvalue weighted by atomic mass is 19.1. The summed E-state index contributed by atoms with van der Waals surface area (Å²) in [4.78, 5) is 36.3. The Labute approximate surface area is 179 Å². The lowest BCUT2D eigenvalue weighted by molar-refractivity contribution is -0.115. The summed E-state index contributed by atoms with van der Waals surface area (Å²) in [7, 11) is 0. The second-order valence-electron chi connectivity index (χ2n) is 6.83. The molecule has 3 aromatic carbocycles. The number of hydrogen-bond donors (Lipinski definition) is 3. The standard InChI is InChI=1S/C24H22FN3O3/c1-2-22(29)27-21-8-4-6-18(14-21)23(30)26-15-16-5-3-7-20(13-16)28-24(31)17-9-11-19(25)12-10-17/h3-14H,2,15H2,1H3,(H,26,30)(H,27,29)(H,28,31). The lowest BCUT2D eigenvalue weighted by Gasteiger charge is -2.10. The van der Waals surface area contributed by atoms with Gasteiger partial charge in [0.15, 0.2) is 0 Å². The number of amides is 3. The van der Waals surface area contributed by atoms with Crippen LogP contribution in [0.4, 0.5) is 15.8 Å². The van der Waals surface area contributed by atoms with Crippen LogP contribution in [0.25, 0.3) is 0 Å². The fourth-order valence-electron chi connectivity index (χ4n) is 2.84. The van der Waals surface area contributed by atoms with Gasteiger partial charge in [-0.3, -0.25) is 14.4 Å². The minimum atomic E-state index is -0.410. The molecular formula is C24H22FN3O3. The zero-order valence-corrected chi connectivity index (χ0v) is 16.9. The first-order chi connectivity index (χ1) is 14.9. The summed E-state index contributed by atoms with van der Waals surface area (Å²) in [5, 5.41) is 8.30. The average molecular weight is 419 g/mol. The van der Waals surface area contributed by atoms with Crippen LogP contribution in [0.2, 0.25) is 0 Å². The summed E-state index contributed by atoms with van der Waals surface area (Å²) in [5.74, 6) is -1.18. The van der Waals surface area contributed by atoms with E-state index in [0.29, 0.717) is 28.9 Å². The van der Waals surface area contributed by atoms with E-state index in [9.17, 15) is 18.8 Å². The zero-order valence-electron chi connectivity index (χ0n) is 16.9. The maximum atomic E-state index is 13.0. The normalized spacial score (nSPS) is 10.3. The number of nitrogens with one attached hydrogen (secondary N) is 3. The van der Waals surface area contributed by atoms with Crippen LogP contribution in [0.1, 0.15) is 39.6 Å². The summed E-state index contributed by atoms with van der Waals surface area (Å²) >= 11 is 0. The van der Waals surface area contributed by atoms with Crippen LogP contribution in [0, 0.1) is 5.82 Å². The molecule has 158 valence electrons. The molecule has 0 atom stereocenters. The van der Waals surface area contributed by atoms with E-state index in [0.717, 1.165) is 5.56 Å². The molecule has 0 saturated heterocycles. The molecule has 7 heteroatoms. The van der Waals surface area contributed by atoms with Gasteiger partial charge in [-0.2, -0.15) is 0 Å². The van der Waals surface area contributed by atoms with Crippen molar-refractivity contribution in [1.29, 1.82) is 0 Å². The molecule has 3 aromatic rings. The highest BCUT2D eigenvalue weighted by molar-refractivity contribution is 6.04. The maximum absolute atomic E-state index is 13.0. The topological polar surface area (TPSA) is 87.3 Å². The first-order valence-electron chi connectivity index (χ1n) is 9.78. The fourth-order valence-corrected chi connectivity index (χ4v) is 2.84. The van der Waals surface area contributed by atoms with Gasteiger partial charge in [-0.15, -0.1) is 0 Å². The molecule has 0 aliphatic carbocycles. The van der Waals surface area contributed by atoms with Gasteiger partial charge in [0, 0.05) is 35.5 Å². The number of benzene rings is 3. The monoisotopic (exact) mass is 419 g/mol. The van der Waals surface area contributed by atoms with Crippen molar-refractivity contribution in [3.8, 4) is 0 Å². The molecular weight excluding hydrogens is 397 g/mol. The Morgan fingerprint density at radius 2 is 1.45 bits per heavy atom. The van der Waals surface area contributed by atoms with Crippen LogP contribution in [0.3, 0.4) is 0 Å². The fraction of sp³-hybridized carbons (Fsp3) is 0.125. The van der Waals surface area contributed by atoms with Gasteiger partial charge >= 0.3 is 0 Å². The van der Waals surface area contributed by atoms with E-state index >= 15 is 0 Å². The van der Waals surface area contributed by atoms with E-state index in [4.69, 9.17) is 0 Å². The predicted octanol–water partition coefficient (Wildman–Crippen LogP) is 4.36. The number of carbonyl (C=O) groups is 3. The quantitative estimate of drug-likeness (QED) is 0.532. The van der Waals surface area contributed by atoms with E-state index in [1.54, 1.807) is 49.4 Å². The molecule has 0 fully saturated rings. The molecule has 0 aromatic heterocycles. The van der Waals surface area contributed by atoms with Crippen LogP contribution in [0.15, 0.2) is 72.8 Å². The van der Waals surface area contributed by atoms with Gasteiger partial charge in [0.2, 0.25) is 5.91 Å². The summed E-state index contributed by atoms with van der Waals surface area (Å²) in [6.45, 7) is 2.01. The molecule has 3 amide bonds. The molecule has 3 rings (SSSR count). The summed E-state index contributed by atoms with van der Waals surface area (Å²) < 4.78 is 13.0. The van der Waals surface area contributed by atoms with Crippen LogP contribution in [-0.4, -0.2) is 17.7 Å². The second kappa shape index (κ2) is 10.2. The Bertz CT molecular complexity index is 1100. The first kappa shape index (κ1) is 21.7. The van der Waals surface area contributed by atoms with Crippen LogP contribution in [-0.2, 0) is 11.3 Å². The van der Waals surface area contributed by atoms with Crippen molar-refractivity contribution in [3.63, 3.8) is 0 Å². The minimum Gasteiger partial charge on any atom is -0.348 e. The molecule has 31 heavy (non-hydrogen) atoms. The van der Waals surface area contributed by atoms with E-state index in [1.807, 2.05) is 6.07 Å². The van der Waals surface area contributed by atoms with Gasteiger partial charge in [0.1, 0.15) is 5.82 Å². The van der Waals surface area contributed by atoms with Gasteiger partial charge in [0.25, 0.3) is 11.8 Å². The molecule has 0 saturated carbocycles. The molecule has 6 nitrogen and oxygen atoms in total. The Morgan fingerprint density at radius 3 is 2.16 bits per heavy atom. The van der Waals surface area contributed by atoms with Gasteiger partial charge in [-0.1, -0.05) is 25.1 Å². The van der Waals surface area contributed by atoms with Crippen molar-refractivity contribution < 1.29 is 18.8 Å². The van der Waals surface area contributed by atoms with Crippen molar-refractivity contribution in [3.05, 3.63) is 95.3 Å². The van der Waals surface area contributed by atoms with Crippen LogP contribution >= 0.6 is 0 Å². The van der Waals surface area contributed by atoms with Gasteiger partial charge in [0.05, 0.1) is 0 Å². The number of anilines is 2. The van der Waals surface area contributed by atoms with Gasteiger partial charge < -0.3 is 16.0 Å². The Kier molecular flexibility index (Phi) is 7.11. The molecule has 0 bridgehead atoms. The van der Waals surface area contributed by atoms with Crippen LogP contribution < -0.4 is 16.0 Å². The van der Waals surface area contributed by atoms with Gasteiger partial charge in [-0.25, -0.2) is 4.39 Å². The predicted molar refractivity (Wildman–Crippen MR) is 117 cm³/mol. The first-order valence-corrected chi connectivity index (χ1v) is 9.78. The number of halogens is 1. The summed E-state index contributed by atoms with van der Waals surface area (Å²) in [5.41, 5.74) is 2.68. The minimum absolute atomic E-state index is 0.128. The molecule has 0 radical (unpaired) electrons. The molecule has 0 unspecified atom stereocenters. The zero-order chi connectivity index (χ0) is 22.2. The molecule has 0 spiro atoms. The van der Waals surface area contributed by atoms with E-state index < -0.39 is 5.82 Å². The van der Waals surface area contributed by atoms with Crippen molar-refractivity contribution in [2.24, 2.45) is 0 Å². The number of rotatable bonds is 7. The maximum Gasteiger partial charge on any atom is 0.255 e. The smallest absolute Gasteiger partial charge is 0.255 e. The third-order valence-corrected chi connectivity index (χ3v) is 4.47. The van der Waals surface area contributed by atoms with Crippen molar-refractivity contribution in [2.75, 3.05) is 10.6 Å². The Balaban J connectivity index is 1.60. The summed E-state index contributed by atoms with van der Waals surface area (Å²) in [6, 6.07) is 19.0. The number of carbonyl (C=O) groups excluding carboxylic acids is 3. The molecule has 0 aliphatic rings. The third-order valence-electron chi connectivity index (χ3n) is 4.47. The van der Waals surface area contributed by atoms with Crippen LogP contribution in [0.5, 0.6) is 0 Å². The third kappa shape index (κ3) is 6.24. The second-order valence-corrected chi connectivity index (χ2v) is 6.83. The van der Waals surface area contributed by atoms with E-state index in [-0.39, 0.29) is 24.3 Å². The van der Waals surface area contributed by atoms with Crippen molar-refractivity contribution in [2.45, 2.75) is 19.9 Å². The Hall–Kier alpha value is -4.00. The highest BCUT2D eigenvalue weighted by Crippen LogP contribution is 2.14. The SMILES string of the molecule is CCC(=O)Nc1cccc(C(=O)NCc2cccc(NC(=O)c3ccc(F)cc3)c2)c1. The van der Waals surface area contributed by atoms with Crippen molar-refractivity contribution >= 4 is 29.1 Å². The largest absolute Gasteiger partial charge is 0.348 e.